The van der Waals surface area contributed by atoms with E-state index in [1.807, 2.05) is 54.6 Å². The SMILES string of the molecule is O=C(NCc1ccc(COc2ccccc2)cc1)C1CCNC1. The van der Waals surface area contributed by atoms with Crippen molar-refractivity contribution in [3.63, 3.8) is 0 Å². The van der Waals surface area contributed by atoms with Crippen LogP contribution in [-0.4, -0.2) is 19.0 Å². The molecule has 1 atom stereocenters. The number of hydrogen-bond donors (Lipinski definition) is 2. The van der Waals surface area contributed by atoms with Gasteiger partial charge in [-0.25, -0.2) is 0 Å². The summed E-state index contributed by atoms with van der Waals surface area (Å²) >= 11 is 0. The Labute approximate surface area is 136 Å². The number of carbonyl (C=O) groups excluding carboxylic acids is 1. The minimum absolute atomic E-state index is 0.119. The molecular formula is C19H22N2O2. The van der Waals surface area contributed by atoms with Crippen molar-refractivity contribution in [3.8, 4) is 5.75 Å². The Hall–Kier alpha value is -2.33. The summed E-state index contributed by atoms with van der Waals surface area (Å²) in [6, 6.07) is 17.9. The Kier molecular flexibility index (Phi) is 5.27. The van der Waals surface area contributed by atoms with Crippen molar-refractivity contribution in [2.24, 2.45) is 5.92 Å². The summed E-state index contributed by atoms with van der Waals surface area (Å²) in [6.07, 6.45) is 0.932. The number of rotatable bonds is 6. The molecule has 0 bridgehead atoms. The minimum atomic E-state index is 0.119. The highest BCUT2D eigenvalue weighted by molar-refractivity contribution is 5.79. The van der Waals surface area contributed by atoms with E-state index < -0.39 is 0 Å². The number of hydrogen-bond acceptors (Lipinski definition) is 3. The quantitative estimate of drug-likeness (QED) is 0.862. The Balaban J connectivity index is 1.46. The van der Waals surface area contributed by atoms with Crippen molar-refractivity contribution in [1.82, 2.24) is 10.6 Å². The molecule has 0 spiro atoms. The average molecular weight is 310 g/mol. The van der Waals surface area contributed by atoms with Crippen LogP contribution in [0.15, 0.2) is 54.6 Å². The first-order valence-electron chi connectivity index (χ1n) is 8.05. The highest BCUT2D eigenvalue weighted by atomic mass is 16.5. The van der Waals surface area contributed by atoms with Crippen LogP contribution in [0.2, 0.25) is 0 Å². The van der Waals surface area contributed by atoms with Crippen LogP contribution in [0.3, 0.4) is 0 Å². The van der Waals surface area contributed by atoms with Crippen LogP contribution >= 0.6 is 0 Å². The fourth-order valence-corrected chi connectivity index (χ4v) is 2.65. The van der Waals surface area contributed by atoms with Gasteiger partial charge in [0.2, 0.25) is 5.91 Å². The minimum Gasteiger partial charge on any atom is -0.489 e. The Morgan fingerprint density at radius 3 is 2.52 bits per heavy atom. The number of amides is 1. The normalized spacial score (nSPS) is 17.0. The van der Waals surface area contributed by atoms with Gasteiger partial charge in [-0.1, -0.05) is 42.5 Å². The molecule has 120 valence electrons. The molecule has 3 rings (SSSR count). The number of benzene rings is 2. The molecule has 0 aliphatic carbocycles. The summed E-state index contributed by atoms with van der Waals surface area (Å²) in [6.45, 7) is 2.86. The first-order chi connectivity index (χ1) is 11.3. The predicted octanol–water partition coefficient (Wildman–Crippen LogP) is 2.49. The third kappa shape index (κ3) is 4.57. The van der Waals surface area contributed by atoms with Crippen molar-refractivity contribution in [2.45, 2.75) is 19.6 Å². The zero-order valence-electron chi connectivity index (χ0n) is 13.1. The predicted molar refractivity (Wildman–Crippen MR) is 90.0 cm³/mol. The highest BCUT2D eigenvalue weighted by Crippen LogP contribution is 2.13. The third-order valence-electron chi connectivity index (χ3n) is 4.07. The molecule has 1 amide bonds. The lowest BCUT2D eigenvalue weighted by molar-refractivity contribution is -0.124. The fraction of sp³-hybridized carbons (Fsp3) is 0.316. The highest BCUT2D eigenvalue weighted by Gasteiger charge is 2.21. The van der Waals surface area contributed by atoms with Crippen molar-refractivity contribution in [3.05, 3.63) is 65.7 Å². The van der Waals surface area contributed by atoms with Crippen LogP contribution in [0.5, 0.6) is 5.75 Å². The van der Waals surface area contributed by atoms with Gasteiger partial charge in [0, 0.05) is 13.1 Å². The summed E-state index contributed by atoms with van der Waals surface area (Å²) in [7, 11) is 0. The van der Waals surface area contributed by atoms with Gasteiger partial charge in [-0.15, -0.1) is 0 Å². The standard InChI is InChI=1S/C19H22N2O2/c22-19(17-10-11-20-13-17)21-12-15-6-8-16(9-7-15)14-23-18-4-2-1-3-5-18/h1-9,17,20H,10-14H2,(H,21,22). The van der Waals surface area contributed by atoms with Crippen molar-refractivity contribution in [1.29, 1.82) is 0 Å². The first-order valence-corrected chi connectivity index (χ1v) is 8.05. The van der Waals surface area contributed by atoms with E-state index in [4.69, 9.17) is 4.74 Å². The fourth-order valence-electron chi connectivity index (χ4n) is 2.65. The van der Waals surface area contributed by atoms with E-state index in [9.17, 15) is 4.79 Å². The van der Waals surface area contributed by atoms with Gasteiger partial charge in [0.15, 0.2) is 0 Å². The molecule has 2 aromatic rings. The Morgan fingerprint density at radius 1 is 1.09 bits per heavy atom. The van der Waals surface area contributed by atoms with Gasteiger partial charge in [-0.3, -0.25) is 4.79 Å². The molecule has 23 heavy (non-hydrogen) atoms. The number of carbonyl (C=O) groups is 1. The van der Waals surface area contributed by atoms with Crippen molar-refractivity contribution in [2.75, 3.05) is 13.1 Å². The third-order valence-corrected chi connectivity index (χ3v) is 4.07. The second kappa shape index (κ2) is 7.79. The summed E-state index contributed by atoms with van der Waals surface area (Å²) in [5, 5.41) is 6.22. The molecule has 1 unspecified atom stereocenters. The molecule has 4 nitrogen and oxygen atoms in total. The van der Waals surface area contributed by atoms with Gasteiger partial charge in [-0.2, -0.15) is 0 Å². The molecule has 2 N–H and O–H groups in total. The van der Waals surface area contributed by atoms with Gasteiger partial charge >= 0.3 is 0 Å². The monoisotopic (exact) mass is 310 g/mol. The Bertz CT molecular complexity index is 620. The van der Waals surface area contributed by atoms with E-state index in [0.717, 1.165) is 36.4 Å². The number of nitrogens with one attached hydrogen (secondary N) is 2. The first kappa shape index (κ1) is 15.6. The molecule has 1 aliphatic rings. The van der Waals surface area contributed by atoms with E-state index in [1.54, 1.807) is 0 Å². The van der Waals surface area contributed by atoms with Crippen LogP contribution < -0.4 is 15.4 Å². The van der Waals surface area contributed by atoms with Crippen LogP contribution in [0.4, 0.5) is 0 Å². The maximum absolute atomic E-state index is 12.0. The maximum Gasteiger partial charge on any atom is 0.224 e. The largest absolute Gasteiger partial charge is 0.489 e. The van der Waals surface area contributed by atoms with Crippen LogP contribution in [0, 0.1) is 5.92 Å². The molecule has 1 saturated heterocycles. The van der Waals surface area contributed by atoms with E-state index in [1.165, 1.54) is 0 Å². The second-order valence-electron chi connectivity index (χ2n) is 5.83. The van der Waals surface area contributed by atoms with Gasteiger partial charge in [0.25, 0.3) is 0 Å². The summed E-state index contributed by atoms with van der Waals surface area (Å²) in [4.78, 5) is 12.0. The van der Waals surface area contributed by atoms with Crippen molar-refractivity contribution < 1.29 is 9.53 Å². The van der Waals surface area contributed by atoms with E-state index in [2.05, 4.69) is 10.6 Å². The molecule has 0 radical (unpaired) electrons. The van der Waals surface area contributed by atoms with E-state index in [0.29, 0.717) is 13.2 Å². The zero-order chi connectivity index (χ0) is 15.9. The maximum atomic E-state index is 12.0. The molecule has 1 heterocycles. The van der Waals surface area contributed by atoms with Crippen molar-refractivity contribution >= 4 is 5.91 Å². The molecule has 0 saturated carbocycles. The van der Waals surface area contributed by atoms with Crippen LogP contribution in [-0.2, 0) is 17.9 Å². The lowest BCUT2D eigenvalue weighted by Gasteiger charge is -2.10. The molecule has 0 aromatic heterocycles. The van der Waals surface area contributed by atoms with Crippen LogP contribution in [0.1, 0.15) is 17.5 Å². The summed E-state index contributed by atoms with van der Waals surface area (Å²) in [5.41, 5.74) is 2.22. The summed E-state index contributed by atoms with van der Waals surface area (Å²) in [5.74, 6) is 1.13. The molecule has 1 fully saturated rings. The lowest BCUT2D eigenvalue weighted by atomic mass is 10.1. The topological polar surface area (TPSA) is 50.4 Å². The summed E-state index contributed by atoms with van der Waals surface area (Å²) < 4.78 is 5.72. The van der Waals surface area contributed by atoms with Gasteiger partial charge in [0.05, 0.1) is 5.92 Å². The second-order valence-corrected chi connectivity index (χ2v) is 5.83. The molecular weight excluding hydrogens is 288 g/mol. The average Bonchev–Trinajstić information content (AvgIpc) is 3.14. The molecule has 1 aliphatic heterocycles. The van der Waals surface area contributed by atoms with E-state index in [-0.39, 0.29) is 11.8 Å². The van der Waals surface area contributed by atoms with Gasteiger partial charge < -0.3 is 15.4 Å². The van der Waals surface area contributed by atoms with Gasteiger partial charge in [0.1, 0.15) is 12.4 Å². The molecule has 4 heteroatoms. The molecule has 2 aromatic carbocycles. The number of ether oxygens (including phenoxy) is 1. The lowest BCUT2D eigenvalue weighted by Crippen LogP contribution is -2.31. The smallest absolute Gasteiger partial charge is 0.224 e. The van der Waals surface area contributed by atoms with E-state index >= 15 is 0 Å². The van der Waals surface area contributed by atoms with Gasteiger partial charge in [-0.05, 0) is 36.2 Å². The zero-order valence-corrected chi connectivity index (χ0v) is 13.1. The van der Waals surface area contributed by atoms with Crippen LogP contribution in [0.25, 0.3) is 0 Å². The number of para-hydroxylation sites is 1. The Morgan fingerprint density at radius 2 is 1.83 bits per heavy atom.